The Labute approximate surface area is 123 Å². The molecule has 0 bridgehead atoms. The molecule has 5 nitrogen and oxygen atoms in total. The summed E-state index contributed by atoms with van der Waals surface area (Å²) >= 11 is 0. The van der Waals surface area contributed by atoms with Crippen molar-refractivity contribution in [1.82, 2.24) is 15.1 Å². The van der Waals surface area contributed by atoms with Crippen molar-refractivity contribution in [2.24, 2.45) is 0 Å². The molecule has 0 fully saturated rings. The molecule has 2 aromatic rings. The third-order valence-corrected chi connectivity index (χ3v) is 3.28. The van der Waals surface area contributed by atoms with E-state index in [-0.39, 0.29) is 12.1 Å². The molecule has 1 heterocycles. The average Bonchev–Trinajstić information content (AvgIpc) is 2.93. The van der Waals surface area contributed by atoms with Crippen molar-refractivity contribution in [3.63, 3.8) is 0 Å². The van der Waals surface area contributed by atoms with Gasteiger partial charge in [0.1, 0.15) is 5.82 Å². The maximum atomic E-state index is 13.0. The summed E-state index contributed by atoms with van der Waals surface area (Å²) in [6, 6.07) is 6.35. The van der Waals surface area contributed by atoms with E-state index >= 15 is 0 Å². The van der Waals surface area contributed by atoms with Gasteiger partial charge in [-0.15, -0.1) is 0 Å². The lowest BCUT2D eigenvalue weighted by atomic mass is 10.1. The number of hydrogen-bond donors (Lipinski definition) is 1. The van der Waals surface area contributed by atoms with Crippen molar-refractivity contribution in [2.75, 3.05) is 27.8 Å². The van der Waals surface area contributed by atoms with Gasteiger partial charge in [-0.25, -0.2) is 4.39 Å². The number of rotatable bonds is 7. The maximum absolute atomic E-state index is 13.0. The number of benzene rings is 1. The molecular weight excluding hydrogens is 273 g/mol. The first-order valence-electron chi connectivity index (χ1n) is 6.66. The van der Waals surface area contributed by atoms with E-state index in [0.29, 0.717) is 13.1 Å². The second kappa shape index (κ2) is 7.31. The minimum Gasteiger partial charge on any atom is -0.355 e. The first-order valence-corrected chi connectivity index (χ1v) is 6.66. The van der Waals surface area contributed by atoms with Gasteiger partial charge in [-0.3, -0.25) is 10.00 Å². The van der Waals surface area contributed by atoms with Crippen LogP contribution in [-0.4, -0.2) is 49.2 Å². The molecule has 0 saturated heterocycles. The zero-order valence-corrected chi connectivity index (χ0v) is 12.5. The van der Waals surface area contributed by atoms with E-state index in [4.69, 9.17) is 9.47 Å². The van der Waals surface area contributed by atoms with E-state index in [1.54, 1.807) is 32.5 Å². The summed E-state index contributed by atoms with van der Waals surface area (Å²) in [7, 11) is 5.21. The number of nitrogens with one attached hydrogen (secondary N) is 1. The summed E-state index contributed by atoms with van der Waals surface area (Å²) in [5.74, 6) is -0.250. The number of halogens is 1. The first kappa shape index (κ1) is 15.6. The summed E-state index contributed by atoms with van der Waals surface area (Å²) in [6.07, 6.45) is 1.51. The molecule has 0 unspecified atom stereocenters. The summed E-state index contributed by atoms with van der Waals surface area (Å²) in [5.41, 5.74) is 2.84. The number of hydrogen-bond acceptors (Lipinski definition) is 4. The highest BCUT2D eigenvalue weighted by Gasteiger charge is 2.13. The van der Waals surface area contributed by atoms with Gasteiger partial charge in [0, 0.05) is 38.4 Å². The van der Waals surface area contributed by atoms with Gasteiger partial charge in [0.2, 0.25) is 0 Å². The van der Waals surface area contributed by atoms with Crippen molar-refractivity contribution in [3.05, 3.63) is 41.8 Å². The minimum absolute atomic E-state index is 0.250. The third-order valence-electron chi connectivity index (χ3n) is 3.28. The van der Waals surface area contributed by atoms with Crippen LogP contribution in [0.25, 0.3) is 11.3 Å². The van der Waals surface area contributed by atoms with Gasteiger partial charge in [0.15, 0.2) is 6.29 Å². The van der Waals surface area contributed by atoms with E-state index in [2.05, 4.69) is 15.1 Å². The fourth-order valence-corrected chi connectivity index (χ4v) is 2.15. The van der Waals surface area contributed by atoms with E-state index in [1.165, 1.54) is 12.1 Å². The molecule has 0 aliphatic heterocycles. The minimum atomic E-state index is -0.267. The van der Waals surface area contributed by atoms with Crippen LogP contribution in [0.15, 0.2) is 30.5 Å². The van der Waals surface area contributed by atoms with Crippen molar-refractivity contribution in [1.29, 1.82) is 0 Å². The molecule has 0 amide bonds. The lowest BCUT2D eigenvalue weighted by molar-refractivity contribution is -0.114. The van der Waals surface area contributed by atoms with Crippen LogP contribution < -0.4 is 0 Å². The molecule has 6 heteroatoms. The quantitative estimate of drug-likeness (QED) is 0.796. The zero-order valence-electron chi connectivity index (χ0n) is 12.5. The summed E-state index contributed by atoms with van der Waals surface area (Å²) in [5, 5.41) is 7.05. The Bertz CT molecular complexity index is 552. The molecule has 1 N–H and O–H groups in total. The number of nitrogens with zero attached hydrogens (tertiary/aromatic N) is 2. The highest BCUT2D eigenvalue weighted by Crippen LogP contribution is 2.22. The molecule has 21 heavy (non-hydrogen) atoms. The van der Waals surface area contributed by atoms with Crippen LogP contribution >= 0.6 is 0 Å². The fraction of sp³-hybridized carbons (Fsp3) is 0.400. The van der Waals surface area contributed by atoms with Crippen LogP contribution in [0.5, 0.6) is 0 Å². The molecule has 1 aromatic heterocycles. The summed E-state index contributed by atoms with van der Waals surface area (Å²) < 4.78 is 23.4. The van der Waals surface area contributed by atoms with E-state index in [9.17, 15) is 4.39 Å². The van der Waals surface area contributed by atoms with Gasteiger partial charge >= 0.3 is 0 Å². The highest BCUT2D eigenvalue weighted by molar-refractivity contribution is 5.62. The highest BCUT2D eigenvalue weighted by atomic mass is 19.1. The molecule has 114 valence electrons. The van der Waals surface area contributed by atoms with Crippen molar-refractivity contribution in [2.45, 2.75) is 12.8 Å². The predicted octanol–water partition coefficient (Wildman–Crippen LogP) is 2.27. The molecular formula is C15H20FN3O2. The normalized spacial score (nSPS) is 11.5. The third kappa shape index (κ3) is 4.10. The maximum Gasteiger partial charge on any atom is 0.169 e. The second-order valence-electron chi connectivity index (χ2n) is 4.87. The molecule has 2 rings (SSSR count). The van der Waals surface area contributed by atoms with Gasteiger partial charge < -0.3 is 9.47 Å². The first-order chi connectivity index (χ1) is 10.1. The molecule has 0 saturated carbocycles. The van der Waals surface area contributed by atoms with Crippen LogP contribution in [0, 0.1) is 5.82 Å². The van der Waals surface area contributed by atoms with E-state index in [0.717, 1.165) is 16.8 Å². The monoisotopic (exact) mass is 293 g/mol. The van der Waals surface area contributed by atoms with Gasteiger partial charge in [-0.2, -0.15) is 5.10 Å². The van der Waals surface area contributed by atoms with E-state index in [1.807, 2.05) is 7.05 Å². The lowest BCUT2D eigenvalue weighted by Gasteiger charge is -2.21. The van der Waals surface area contributed by atoms with Crippen LogP contribution in [0.2, 0.25) is 0 Å². The average molecular weight is 293 g/mol. The molecule has 0 aliphatic rings. The van der Waals surface area contributed by atoms with Crippen LogP contribution in [-0.2, 0) is 16.0 Å². The van der Waals surface area contributed by atoms with Crippen molar-refractivity contribution in [3.8, 4) is 11.3 Å². The summed E-state index contributed by atoms with van der Waals surface area (Å²) in [4.78, 5) is 2.08. The largest absolute Gasteiger partial charge is 0.355 e. The number of methoxy groups -OCH3 is 2. The van der Waals surface area contributed by atoms with Crippen molar-refractivity contribution < 1.29 is 13.9 Å². The fourth-order valence-electron chi connectivity index (χ4n) is 2.15. The number of aromatic nitrogens is 2. The topological polar surface area (TPSA) is 50.4 Å². The molecule has 0 atom stereocenters. The van der Waals surface area contributed by atoms with E-state index < -0.39 is 0 Å². The van der Waals surface area contributed by atoms with Gasteiger partial charge in [-0.1, -0.05) is 0 Å². The number of ether oxygens (including phenoxy) is 2. The Hall–Kier alpha value is -1.76. The Morgan fingerprint density at radius 1 is 1.24 bits per heavy atom. The SMILES string of the molecule is COC(CN(C)Cc1cn[nH]c1-c1ccc(F)cc1)OC. The molecule has 0 aliphatic carbocycles. The van der Waals surface area contributed by atoms with Crippen LogP contribution in [0.3, 0.4) is 0 Å². The number of aromatic amines is 1. The Morgan fingerprint density at radius 2 is 1.90 bits per heavy atom. The number of likely N-dealkylation sites (N-methyl/N-ethyl adjacent to an activating group) is 1. The van der Waals surface area contributed by atoms with Gasteiger partial charge in [0.25, 0.3) is 0 Å². The Kier molecular flexibility index (Phi) is 5.44. The van der Waals surface area contributed by atoms with Crippen LogP contribution in [0.4, 0.5) is 4.39 Å². The summed E-state index contributed by atoms with van der Waals surface area (Å²) in [6.45, 7) is 1.33. The van der Waals surface area contributed by atoms with Gasteiger partial charge in [-0.05, 0) is 31.3 Å². The molecule has 1 aromatic carbocycles. The molecule has 0 spiro atoms. The Balaban J connectivity index is 2.08. The lowest BCUT2D eigenvalue weighted by Crippen LogP contribution is -2.31. The molecule has 0 radical (unpaired) electrons. The Morgan fingerprint density at radius 3 is 2.52 bits per heavy atom. The number of H-pyrrole nitrogens is 1. The zero-order chi connectivity index (χ0) is 15.2. The van der Waals surface area contributed by atoms with Crippen LogP contribution in [0.1, 0.15) is 5.56 Å². The van der Waals surface area contributed by atoms with Gasteiger partial charge in [0.05, 0.1) is 11.9 Å². The van der Waals surface area contributed by atoms with Crippen molar-refractivity contribution >= 4 is 0 Å². The second-order valence-corrected chi connectivity index (χ2v) is 4.87. The smallest absolute Gasteiger partial charge is 0.169 e. The predicted molar refractivity (Wildman–Crippen MR) is 78.1 cm³/mol. The standard InChI is InChI=1S/C15H20FN3O2/c1-19(10-14(20-2)21-3)9-12-8-17-18-15(12)11-4-6-13(16)7-5-11/h4-8,14H,9-10H2,1-3H3,(H,17,18).